The minimum absolute atomic E-state index is 0.0137. The van der Waals surface area contributed by atoms with Gasteiger partial charge < -0.3 is 11.1 Å². The minimum Gasteiger partial charge on any atom is -0.338 e. The second-order valence-corrected chi connectivity index (χ2v) is 4.70. The van der Waals surface area contributed by atoms with E-state index >= 15 is 0 Å². The summed E-state index contributed by atoms with van der Waals surface area (Å²) in [4.78, 5) is 14.0. The Hall–Kier alpha value is -1.55. The van der Waals surface area contributed by atoms with Crippen LogP contribution in [-0.4, -0.2) is 18.6 Å². The van der Waals surface area contributed by atoms with Gasteiger partial charge in [-0.15, -0.1) is 0 Å². The standard InChI is InChI=1S/C14H21N3O/c1-2-9-16-14(18)17(13-7-8-13)12-5-3-11(10-15)4-6-12/h3-6,13H,2,7-10,15H2,1H3,(H,16,18). The van der Waals surface area contributed by atoms with Crippen molar-refractivity contribution in [3.05, 3.63) is 29.8 Å². The maximum Gasteiger partial charge on any atom is 0.322 e. The number of hydrogen-bond donors (Lipinski definition) is 2. The van der Waals surface area contributed by atoms with Crippen molar-refractivity contribution in [2.45, 2.75) is 38.8 Å². The van der Waals surface area contributed by atoms with Gasteiger partial charge in [0.2, 0.25) is 0 Å². The maximum absolute atomic E-state index is 12.1. The summed E-state index contributed by atoms with van der Waals surface area (Å²) >= 11 is 0. The molecule has 1 fully saturated rings. The van der Waals surface area contributed by atoms with E-state index < -0.39 is 0 Å². The lowest BCUT2D eigenvalue weighted by Gasteiger charge is -2.23. The molecule has 4 nitrogen and oxygen atoms in total. The van der Waals surface area contributed by atoms with Crippen LogP contribution in [0.3, 0.4) is 0 Å². The molecular formula is C14H21N3O. The molecule has 4 heteroatoms. The molecule has 2 amide bonds. The first kappa shape index (κ1) is 12.9. The van der Waals surface area contributed by atoms with Crippen LogP contribution in [0.5, 0.6) is 0 Å². The zero-order valence-electron chi connectivity index (χ0n) is 10.9. The molecule has 0 aliphatic heterocycles. The van der Waals surface area contributed by atoms with Gasteiger partial charge in [-0.3, -0.25) is 4.90 Å². The lowest BCUT2D eigenvalue weighted by Crippen LogP contribution is -2.41. The normalized spacial score (nSPS) is 14.3. The molecule has 0 bridgehead atoms. The predicted octanol–water partition coefficient (Wildman–Crippen LogP) is 2.23. The van der Waals surface area contributed by atoms with E-state index in [0.29, 0.717) is 12.6 Å². The van der Waals surface area contributed by atoms with Crippen molar-refractivity contribution in [3.63, 3.8) is 0 Å². The molecule has 0 saturated heterocycles. The molecule has 1 aromatic carbocycles. The van der Waals surface area contributed by atoms with Crippen LogP contribution in [0.2, 0.25) is 0 Å². The number of anilines is 1. The average Bonchev–Trinajstić information content (AvgIpc) is 3.22. The van der Waals surface area contributed by atoms with Gasteiger partial charge in [-0.1, -0.05) is 19.1 Å². The maximum atomic E-state index is 12.1. The fourth-order valence-electron chi connectivity index (χ4n) is 1.94. The molecule has 0 spiro atoms. The molecular weight excluding hydrogens is 226 g/mol. The van der Waals surface area contributed by atoms with Gasteiger partial charge in [0, 0.05) is 24.8 Å². The fourth-order valence-corrected chi connectivity index (χ4v) is 1.94. The first-order valence-corrected chi connectivity index (χ1v) is 6.62. The largest absolute Gasteiger partial charge is 0.338 e. The third kappa shape index (κ3) is 3.01. The van der Waals surface area contributed by atoms with E-state index in [1.54, 1.807) is 0 Å². The van der Waals surface area contributed by atoms with Gasteiger partial charge in [-0.05, 0) is 37.0 Å². The van der Waals surface area contributed by atoms with Gasteiger partial charge in [0.25, 0.3) is 0 Å². The van der Waals surface area contributed by atoms with E-state index in [1.807, 2.05) is 29.2 Å². The van der Waals surface area contributed by atoms with Crippen molar-refractivity contribution < 1.29 is 4.79 Å². The number of hydrogen-bond acceptors (Lipinski definition) is 2. The van der Waals surface area contributed by atoms with Crippen LogP contribution in [0.1, 0.15) is 31.7 Å². The summed E-state index contributed by atoms with van der Waals surface area (Å²) in [6, 6.07) is 8.30. The fraction of sp³-hybridized carbons (Fsp3) is 0.500. The number of nitrogens with two attached hydrogens (primary N) is 1. The van der Waals surface area contributed by atoms with Gasteiger partial charge in [-0.2, -0.15) is 0 Å². The van der Waals surface area contributed by atoms with Crippen molar-refractivity contribution in [2.24, 2.45) is 5.73 Å². The molecule has 0 atom stereocenters. The van der Waals surface area contributed by atoms with Crippen LogP contribution >= 0.6 is 0 Å². The number of benzene rings is 1. The summed E-state index contributed by atoms with van der Waals surface area (Å²) in [6.45, 7) is 3.31. The number of rotatable bonds is 5. The van der Waals surface area contributed by atoms with Gasteiger partial charge >= 0.3 is 6.03 Å². The molecule has 0 aromatic heterocycles. The molecule has 3 N–H and O–H groups in total. The van der Waals surface area contributed by atoms with Gasteiger partial charge in [-0.25, -0.2) is 4.79 Å². The van der Waals surface area contributed by atoms with Crippen LogP contribution < -0.4 is 16.0 Å². The second kappa shape index (κ2) is 5.87. The quantitative estimate of drug-likeness (QED) is 0.838. The first-order chi connectivity index (χ1) is 8.76. The van der Waals surface area contributed by atoms with Crippen LogP contribution in [0, 0.1) is 0 Å². The molecule has 1 aromatic rings. The van der Waals surface area contributed by atoms with E-state index in [4.69, 9.17) is 5.73 Å². The molecule has 1 aliphatic carbocycles. The number of carbonyl (C=O) groups excluding carboxylic acids is 1. The Kier molecular flexibility index (Phi) is 4.20. The Balaban J connectivity index is 2.10. The summed E-state index contributed by atoms with van der Waals surface area (Å²) in [5.41, 5.74) is 7.63. The van der Waals surface area contributed by atoms with Crippen LogP contribution in [0.25, 0.3) is 0 Å². The Morgan fingerprint density at radius 2 is 2.06 bits per heavy atom. The summed E-state index contributed by atoms with van der Waals surface area (Å²) in [5, 5.41) is 2.94. The number of carbonyl (C=O) groups is 1. The third-order valence-electron chi connectivity index (χ3n) is 3.11. The first-order valence-electron chi connectivity index (χ1n) is 6.62. The van der Waals surface area contributed by atoms with Gasteiger partial charge in [0.05, 0.1) is 0 Å². The molecule has 0 heterocycles. The lowest BCUT2D eigenvalue weighted by molar-refractivity contribution is 0.246. The third-order valence-corrected chi connectivity index (χ3v) is 3.11. The van der Waals surface area contributed by atoms with E-state index in [0.717, 1.165) is 37.1 Å². The highest BCUT2D eigenvalue weighted by Gasteiger charge is 2.33. The Morgan fingerprint density at radius 3 is 2.56 bits per heavy atom. The molecule has 98 valence electrons. The summed E-state index contributed by atoms with van der Waals surface area (Å²) in [7, 11) is 0. The molecule has 1 aliphatic rings. The zero-order valence-corrected chi connectivity index (χ0v) is 10.9. The summed E-state index contributed by atoms with van der Waals surface area (Å²) in [5.74, 6) is 0. The SMILES string of the molecule is CCCNC(=O)N(c1ccc(CN)cc1)C1CC1. The molecule has 1 saturated carbocycles. The van der Waals surface area contributed by atoms with Crippen LogP contribution in [-0.2, 0) is 6.54 Å². The highest BCUT2D eigenvalue weighted by Crippen LogP contribution is 2.31. The molecule has 0 unspecified atom stereocenters. The Labute approximate surface area is 108 Å². The Bertz CT molecular complexity index is 398. The molecule has 2 rings (SSSR count). The van der Waals surface area contributed by atoms with E-state index in [9.17, 15) is 4.79 Å². The topological polar surface area (TPSA) is 58.4 Å². The van der Waals surface area contributed by atoms with Crippen molar-refractivity contribution in [3.8, 4) is 0 Å². The van der Waals surface area contributed by atoms with Gasteiger partial charge in [0.1, 0.15) is 0 Å². The van der Waals surface area contributed by atoms with Crippen molar-refractivity contribution in [2.75, 3.05) is 11.4 Å². The van der Waals surface area contributed by atoms with Crippen molar-refractivity contribution in [1.29, 1.82) is 0 Å². The highest BCUT2D eigenvalue weighted by atomic mass is 16.2. The minimum atomic E-state index is 0.0137. The summed E-state index contributed by atoms with van der Waals surface area (Å²) in [6.07, 6.45) is 3.15. The predicted molar refractivity (Wildman–Crippen MR) is 73.5 cm³/mol. The lowest BCUT2D eigenvalue weighted by atomic mass is 10.2. The number of nitrogens with one attached hydrogen (secondary N) is 1. The van der Waals surface area contributed by atoms with E-state index in [1.165, 1.54) is 0 Å². The smallest absolute Gasteiger partial charge is 0.322 e. The Morgan fingerprint density at radius 1 is 1.39 bits per heavy atom. The highest BCUT2D eigenvalue weighted by molar-refractivity contribution is 5.93. The van der Waals surface area contributed by atoms with Crippen LogP contribution in [0.15, 0.2) is 24.3 Å². The zero-order chi connectivity index (χ0) is 13.0. The summed E-state index contributed by atoms with van der Waals surface area (Å²) < 4.78 is 0. The van der Waals surface area contributed by atoms with E-state index in [-0.39, 0.29) is 6.03 Å². The molecule has 18 heavy (non-hydrogen) atoms. The van der Waals surface area contributed by atoms with Crippen molar-refractivity contribution >= 4 is 11.7 Å². The average molecular weight is 247 g/mol. The van der Waals surface area contributed by atoms with Crippen LogP contribution in [0.4, 0.5) is 10.5 Å². The van der Waals surface area contributed by atoms with E-state index in [2.05, 4.69) is 12.2 Å². The monoisotopic (exact) mass is 247 g/mol. The molecule has 0 radical (unpaired) electrons. The second-order valence-electron chi connectivity index (χ2n) is 4.70. The number of amides is 2. The van der Waals surface area contributed by atoms with Gasteiger partial charge in [0.15, 0.2) is 0 Å². The number of nitrogens with zero attached hydrogens (tertiary/aromatic N) is 1. The number of urea groups is 1. The van der Waals surface area contributed by atoms with Crippen molar-refractivity contribution in [1.82, 2.24) is 5.32 Å².